The summed E-state index contributed by atoms with van der Waals surface area (Å²) in [5.41, 5.74) is -1.21. The zero-order valence-corrected chi connectivity index (χ0v) is 16.8. The van der Waals surface area contributed by atoms with Crippen molar-refractivity contribution in [3.63, 3.8) is 0 Å². The van der Waals surface area contributed by atoms with E-state index in [2.05, 4.69) is 5.32 Å². The maximum atomic E-state index is 13.3. The summed E-state index contributed by atoms with van der Waals surface area (Å²) in [6.07, 6.45) is 0. The second kappa shape index (κ2) is 10.3. The maximum absolute atomic E-state index is 13.3. The van der Waals surface area contributed by atoms with Crippen LogP contribution in [0, 0.1) is 0 Å². The van der Waals surface area contributed by atoms with Gasteiger partial charge in [0.2, 0.25) is 5.52 Å². The van der Waals surface area contributed by atoms with E-state index in [-0.39, 0.29) is 37.9 Å². The minimum atomic E-state index is -3.93. The number of hydrogen-bond donors (Lipinski definition) is 2. The number of phenolic OH excluding ortho intramolecular Hbond substituents is 1. The lowest BCUT2D eigenvalue weighted by atomic mass is 10.3. The van der Waals surface area contributed by atoms with Gasteiger partial charge in [0.15, 0.2) is 0 Å². The molecule has 0 heterocycles. The first-order chi connectivity index (χ1) is 11.9. The highest BCUT2D eigenvalue weighted by Gasteiger charge is 2.51. The van der Waals surface area contributed by atoms with E-state index < -0.39 is 20.7 Å². The van der Waals surface area contributed by atoms with Crippen LogP contribution in [-0.4, -0.2) is 37.1 Å². The highest BCUT2D eigenvalue weighted by molar-refractivity contribution is 7.72. The molecule has 0 spiro atoms. The van der Waals surface area contributed by atoms with Gasteiger partial charge in [-0.2, -0.15) is 0 Å². The van der Waals surface area contributed by atoms with Crippen LogP contribution in [0.4, 0.5) is 5.69 Å². The summed E-state index contributed by atoms with van der Waals surface area (Å²) in [5, 5.41) is 12.8. The average molecular weight is 395 g/mol. The Bertz CT molecular complexity index is 576. The fourth-order valence-corrected chi connectivity index (χ4v) is 7.08. The monoisotopic (exact) mass is 395 g/mol. The first kappa shape index (κ1) is 22.2. The van der Waals surface area contributed by atoms with Crippen LogP contribution in [0.1, 0.15) is 27.7 Å². The van der Waals surface area contributed by atoms with Gasteiger partial charge in [0.1, 0.15) is 5.75 Å². The molecular weight excluding hydrogens is 368 g/mol. The molecule has 0 saturated carbocycles. The van der Waals surface area contributed by atoms with E-state index in [1.165, 1.54) is 6.07 Å². The number of phenols is 1. The molecule has 0 aliphatic carbocycles. The van der Waals surface area contributed by atoms with Crippen molar-refractivity contribution in [1.82, 2.24) is 0 Å². The third-order valence-electron chi connectivity index (χ3n) is 3.02. The number of hydrogen-bond acceptors (Lipinski definition) is 8. The lowest BCUT2D eigenvalue weighted by molar-refractivity contribution is 0.198. The van der Waals surface area contributed by atoms with E-state index in [9.17, 15) is 14.2 Å². The van der Waals surface area contributed by atoms with E-state index in [1.54, 1.807) is 45.9 Å². The summed E-state index contributed by atoms with van der Waals surface area (Å²) >= 11 is 0. The lowest BCUT2D eigenvalue weighted by Crippen LogP contribution is -2.25. The summed E-state index contributed by atoms with van der Waals surface area (Å²) in [5.74, 6) is -0.105. The smallest absolute Gasteiger partial charge is 0.365 e. The lowest BCUT2D eigenvalue weighted by Gasteiger charge is -2.32. The quantitative estimate of drug-likeness (QED) is 0.390. The Hall–Kier alpha value is -0.880. The summed E-state index contributed by atoms with van der Waals surface area (Å²) in [7, 11) is -7.86. The molecule has 8 nitrogen and oxygen atoms in total. The molecule has 0 bridgehead atoms. The van der Waals surface area contributed by atoms with E-state index in [4.69, 9.17) is 18.1 Å². The van der Waals surface area contributed by atoms with Gasteiger partial charge < -0.3 is 28.5 Å². The highest BCUT2D eigenvalue weighted by Crippen LogP contribution is 2.70. The van der Waals surface area contributed by atoms with Gasteiger partial charge in [-0.05, 0) is 39.8 Å². The van der Waals surface area contributed by atoms with Crippen LogP contribution < -0.4 is 5.32 Å². The standard InChI is InChI=1S/C15H27NO7P2/c1-5-20-24(18,21-6-2)15(25(19,22-7-3)23-8-4)16-13-11-9-10-12-14(13)17/h9-12,15-17H,5-8H2,1-4H3. The van der Waals surface area contributed by atoms with E-state index in [0.29, 0.717) is 0 Å². The SMILES string of the molecule is CCOP(=O)(OCC)C(Nc1ccccc1O)P(=O)(OCC)OCC. The van der Waals surface area contributed by atoms with Crippen molar-refractivity contribution in [2.45, 2.75) is 33.2 Å². The average Bonchev–Trinajstić information content (AvgIpc) is 2.54. The Morgan fingerprint density at radius 1 is 0.880 bits per heavy atom. The number of rotatable bonds is 12. The predicted molar refractivity (Wildman–Crippen MR) is 97.2 cm³/mol. The largest absolute Gasteiger partial charge is 0.506 e. The molecule has 0 amide bonds. The van der Waals surface area contributed by atoms with Crippen molar-refractivity contribution in [1.29, 1.82) is 0 Å². The maximum Gasteiger partial charge on any atom is 0.365 e. The summed E-state index contributed by atoms with van der Waals surface area (Å²) < 4.78 is 48.0. The summed E-state index contributed by atoms with van der Waals surface area (Å²) in [4.78, 5) is 0. The molecule has 0 fully saturated rings. The van der Waals surface area contributed by atoms with Crippen molar-refractivity contribution in [3.8, 4) is 5.75 Å². The van der Waals surface area contributed by atoms with Crippen LogP contribution in [0.3, 0.4) is 0 Å². The predicted octanol–water partition coefficient (Wildman–Crippen LogP) is 4.62. The van der Waals surface area contributed by atoms with Gasteiger partial charge in [-0.15, -0.1) is 0 Å². The molecule has 0 aliphatic heterocycles. The molecule has 0 saturated heterocycles. The fraction of sp³-hybridized carbons (Fsp3) is 0.600. The highest BCUT2D eigenvalue weighted by atomic mass is 31.2. The van der Waals surface area contributed by atoms with Gasteiger partial charge in [0, 0.05) is 0 Å². The fourth-order valence-electron chi connectivity index (χ4n) is 2.14. The molecule has 144 valence electrons. The summed E-state index contributed by atoms with van der Waals surface area (Å²) in [6.45, 7) is 6.90. The van der Waals surface area contributed by atoms with Gasteiger partial charge in [-0.1, -0.05) is 12.1 Å². The van der Waals surface area contributed by atoms with Crippen LogP contribution in [-0.2, 0) is 27.2 Å². The number of benzene rings is 1. The molecule has 2 N–H and O–H groups in total. The minimum absolute atomic E-state index is 0.0779. The Morgan fingerprint density at radius 2 is 1.28 bits per heavy atom. The first-order valence-electron chi connectivity index (χ1n) is 8.18. The third-order valence-corrected chi connectivity index (χ3v) is 8.65. The van der Waals surface area contributed by atoms with E-state index in [0.717, 1.165) is 0 Å². The van der Waals surface area contributed by atoms with Crippen LogP contribution >= 0.6 is 15.2 Å². The minimum Gasteiger partial charge on any atom is -0.506 e. The first-order valence-corrected chi connectivity index (χ1v) is 11.4. The number of aromatic hydroxyl groups is 1. The molecule has 0 aliphatic rings. The second-order valence-corrected chi connectivity index (χ2v) is 9.42. The van der Waals surface area contributed by atoms with E-state index >= 15 is 0 Å². The molecule has 25 heavy (non-hydrogen) atoms. The topological polar surface area (TPSA) is 103 Å². The Balaban J connectivity index is 3.40. The second-order valence-electron chi connectivity index (χ2n) is 4.79. The number of anilines is 1. The van der Waals surface area contributed by atoms with Gasteiger partial charge >= 0.3 is 15.2 Å². The van der Waals surface area contributed by atoms with Gasteiger partial charge in [-0.25, -0.2) is 0 Å². The normalized spacial score (nSPS) is 12.5. The van der Waals surface area contributed by atoms with Crippen LogP contribution in [0.5, 0.6) is 5.75 Å². The summed E-state index contributed by atoms with van der Waals surface area (Å²) in [6, 6.07) is 6.29. The third kappa shape index (κ3) is 5.81. The molecule has 1 rings (SSSR count). The van der Waals surface area contributed by atoms with Crippen molar-refractivity contribution in [3.05, 3.63) is 24.3 Å². The molecule has 0 atom stereocenters. The van der Waals surface area contributed by atoms with Crippen molar-refractivity contribution >= 4 is 20.9 Å². The van der Waals surface area contributed by atoms with Crippen molar-refractivity contribution < 1.29 is 32.3 Å². The van der Waals surface area contributed by atoms with Crippen LogP contribution in [0.25, 0.3) is 0 Å². The molecule has 0 radical (unpaired) electrons. The van der Waals surface area contributed by atoms with E-state index in [1.807, 2.05) is 0 Å². The molecular formula is C15H27NO7P2. The van der Waals surface area contributed by atoms with Gasteiger partial charge in [0.25, 0.3) is 0 Å². The zero-order chi connectivity index (χ0) is 18.9. The number of nitrogens with one attached hydrogen (secondary N) is 1. The molecule has 0 unspecified atom stereocenters. The molecule has 10 heteroatoms. The van der Waals surface area contributed by atoms with Gasteiger partial charge in [0.05, 0.1) is 32.1 Å². The van der Waals surface area contributed by atoms with Crippen LogP contribution in [0.2, 0.25) is 0 Å². The Labute approximate surface area is 148 Å². The molecule has 1 aromatic carbocycles. The molecule has 1 aromatic rings. The molecule has 0 aromatic heterocycles. The number of para-hydroxylation sites is 2. The Kier molecular flexibility index (Phi) is 9.14. The van der Waals surface area contributed by atoms with Crippen LogP contribution in [0.15, 0.2) is 24.3 Å². The Morgan fingerprint density at radius 3 is 1.64 bits per heavy atom. The zero-order valence-electron chi connectivity index (χ0n) is 15.0. The van der Waals surface area contributed by atoms with Crippen molar-refractivity contribution in [2.24, 2.45) is 0 Å². The van der Waals surface area contributed by atoms with Crippen molar-refractivity contribution in [2.75, 3.05) is 31.7 Å². The van der Waals surface area contributed by atoms with Gasteiger partial charge in [-0.3, -0.25) is 9.13 Å².